The fraction of sp³-hybridized carbons (Fsp3) is 0.154. The van der Waals surface area contributed by atoms with Crippen molar-refractivity contribution in [1.82, 2.24) is 0 Å². The number of phenolic OH excluding ortho intramolecular Hbond substituents is 1. The Labute approximate surface area is 104 Å². The van der Waals surface area contributed by atoms with Crippen LogP contribution in [0.4, 0.5) is 5.69 Å². The number of amides is 1. The molecule has 0 aliphatic heterocycles. The van der Waals surface area contributed by atoms with Gasteiger partial charge in [-0.2, -0.15) is 0 Å². The van der Waals surface area contributed by atoms with E-state index in [1.54, 1.807) is 18.2 Å². The maximum atomic E-state index is 11.9. The molecule has 2 rings (SSSR count). The van der Waals surface area contributed by atoms with E-state index in [9.17, 15) is 9.90 Å². The van der Waals surface area contributed by atoms with Crippen LogP contribution < -0.4 is 5.32 Å². The highest BCUT2D eigenvalue weighted by Crippen LogP contribution is 2.25. The summed E-state index contributed by atoms with van der Waals surface area (Å²) < 4.78 is 0. The second kappa shape index (κ2) is 4.59. The summed E-state index contributed by atoms with van der Waals surface area (Å²) in [6, 6.07) is 8.84. The molecule has 0 radical (unpaired) electrons. The van der Waals surface area contributed by atoms with Gasteiger partial charge in [0, 0.05) is 4.88 Å². The third kappa shape index (κ3) is 2.65. The summed E-state index contributed by atoms with van der Waals surface area (Å²) in [4.78, 5) is 13.6. The highest BCUT2D eigenvalue weighted by atomic mass is 32.1. The molecule has 1 aromatic heterocycles. The van der Waals surface area contributed by atoms with E-state index in [4.69, 9.17) is 0 Å². The maximum Gasteiger partial charge on any atom is 0.265 e. The maximum absolute atomic E-state index is 11.9. The van der Waals surface area contributed by atoms with Gasteiger partial charge in [0.05, 0.1) is 10.6 Å². The summed E-state index contributed by atoms with van der Waals surface area (Å²) in [7, 11) is 0. The molecule has 0 aliphatic rings. The quantitative estimate of drug-likeness (QED) is 0.800. The van der Waals surface area contributed by atoms with Crippen molar-refractivity contribution < 1.29 is 9.90 Å². The number of phenols is 1. The molecule has 88 valence electrons. The van der Waals surface area contributed by atoms with Crippen molar-refractivity contribution in [3.63, 3.8) is 0 Å². The number of hydrogen-bond donors (Lipinski definition) is 2. The third-order valence-electron chi connectivity index (χ3n) is 2.37. The average Bonchev–Trinajstić information content (AvgIpc) is 2.69. The third-order valence-corrected chi connectivity index (χ3v) is 3.37. The predicted octanol–water partition coefficient (Wildman–Crippen LogP) is 3.32. The molecule has 1 heterocycles. The summed E-state index contributed by atoms with van der Waals surface area (Å²) in [5.41, 5.74) is 1.39. The minimum absolute atomic E-state index is 0.0895. The van der Waals surface area contributed by atoms with Crippen molar-refractivity contribution in [2.75, 3.05) is 5.32 Å². The van der Waals surface area contributed by atoms with Gasteiger partial charge in [0.1, 0.15) is 5.75 Å². The Morgan fingerprint density at radius 1 is 1.24 bits per heavy atom. The van der Waals surface area contributed by atoms with Crippen molar-refractivity contribution in [3.8, 4) is 5.75 Å². The van der Waals surface area contributed by atoms with Gasteiger partial charge < -0.3 is 10.4 Å². The lowest BCUT2D eigenvalue weighted by molar-refractivity contribution is 0.103. The molecule has 0 saturated heterocycles. The molecule has 0 spiro atoms. The number of hydrogen-bond acceptors (Lipinski definition) is 3. The normalized spacial score (nSPS) is 10.2. The number of nitrogens with one attached hydrogen (secondary N) is 1. The molecule has 4 heteroatoms. The SMILES string of the molecule is Cc1ccc(NC(=O)c2ccc(C)s2)c(O)c1. The zero-order valence-corrected chi connectivity index (χ0v) is 10.5. The van der Waals surface area contributed by atoms with Gasteiger partial charge >= 0.3 is 0 Å². The summed E-state index contributed by atoms with van der Waals surface area (Å²) in [6.45, 7) is 3.83. The Hall–Kier alpha value is -1.81. The summed E-state index contributed by atoms with van der Waals surface area (Å²) >= 11 is 1.43. The van der Waals surface area contributed by atoms with Gasteiger partial charge in [0.25, 0.3) is 5.91 Å². The Balaban J connectivity index is 2.18. The molecule has 0 fully saturated rings. The van der Waals surface area contributed by atoms with Crippen LogP contribution >= 0.6 is 11.3 Å². The highest BCUT2D eigenvalue weighted by molar-refractivity contribution is 7.14. The van der Waals surface area contributed by atoms with Crippen molar-refractivity contribution in [3.05, 3.63) is 45.6 Å². The fourth-order valence-electron chi connectivity index (χ4n) is 1.49. The molecule has 0 unspecified atom stereocenters. The zero-order valence-electron chi connectivity index (χ0n) is 9.65. The van der Waals surface area contributed by atoms with Gasteiger partial charge in [-0.1, -0.05) is 6.07 Å². The van der Waals surface area contributed by atoms with Gasteiger partial charge in [-0.05, 0) is 43.7 Å². The minimum atomic E-state index is -0.192. The number of rotatable bonds is 2. The van der Waals surface area contributed by atoms with E-state index in [0.29, 0.717) is 10.6 Å². The number of benzene rings is 1. The molecule has 2 N–H and O–H groups in total. The smallest absolute Gasteiger partial charge is 0.265 e. The van der Waals surface area contributed by atoms with Crippen LogP contribution in [0.5, 0.6) is 5.75 Å². The van der Waals surface area contributed by atoms with E-state index in [1.807, 2.05) is 26.0 Å². The van der Waals surface area contributed by atoms with Gasteiger partial charge in [0.2, 0.25) is 0 Å². The molecule has 17 heavy (non-hydrogen) atoms. The van der Waals surface area contributed by atoms with E-state index in [2.05, 4.69) is 5.32 Å². The summed E-state index contributed by atoms with van der Waals surface area (Å²) in [5, 5.41) is 12.4. The number of thiophene rings is 1. The molecular weight excluding hydrogens is 234 g/mol. The molecule has 2 aromatic rings. The van der Waals surface area contributed by atoms with E-state index in [1.165, 1.54) is 11.3 Å². The van der Waals surface area contributed by atoms with Crippen LogP contribution in [-0.2, 0) is 0 Å². The first-order chi connectivity index (χ1) is 8.06. The van der Waals surface area contributed by atoms with Crippen LogP contribution in [0.2, 0.25) is 0 Å². The Bertz CT molecular complexity index is 560. The molecule has 1 amide bonds. The molecular formula is C13H13NO2S. The van der Waals surface area contributed by atoms with Gasteiger partial charge in [0.15, 0.2) is 0 Å². The lowest BCUT2D eigenvalue weighted by atomic mass is 10.2. The second-order valence-corrected chi connectivity index (χ2v) is 5.17. The largest absolute Gasteiger partial charge is 0.506 e. The molecule has 0 bridgehead atoms. The van der Waals surface area contributed by atoms with E-state index in [-0.39, 0.29) is 11.7 Å². The Morgan fingerprint density at radius 3 is 2.59 bits per heavy atom. The Morgan fingerprint density at radius 2 is 2.00 bits per heavy atom. The zero-order chi connectivity index (χ0) is 12.4. The first-order valence-electron chi connectivity index (χ1n) is 5.23. The van der Waals surface area contributed by atoms with E-state index in [0.717, 1.165) is 10.4 Å². The summed E-state index contributed by atoms with van der Waals surface area (Å²) in [5.74, 6) is -0.103. The second-order valence-electron chi connectivity index (χ2n) is 3.89. The number of carbonyl (C=O) groups is 1. The Kier molecular flexibility index (Phi) is 3.15. The number of anilines is 1. The lowest BCUT2D eigenvalue weighted by Crippen LogP contribution is -2.10. The fourth-order valence-corrected chi connectivity index (χ4v) is 2.25. The van der Waals surface area contributed by atoms with E-state index < -0.39 is 0 Å². The van der Waals surface area contributed by atoms with Crippen molar-refractivity contribution in [2.24, 2.45) is 0 Å². The minimum Gasteiger partial charge on any atom is -0.506 e. The van der Waals surface area contributed by atoms with Crippen LogP contribution in [-0.4, -0.2) is 11.0 Å². The van der Waals surface area contributed by atoms with Crippen LogP contribution in [0, 0.1) is 13.8 Å². The monoisotopic (exact) mass is 247 g/mol. The van der Waals surface area contributed by atoms with Gasteiger partial charge in [-0.25, -0.2) is 0 Å². The predicted molar refractivity (Wildman–Crippen MR) is 69.9 cm³/mol. The van der Waals surface area contributed by atoms with Crippen molar-refractivity contribution >= 4 is 22.9 Å². The topological polar surface area (TPSA) is 49.3 Å². The first kappa shape index (κ1) is 11.7. The summed E-state index contributed by atoms with van der Waals surface area (Å²) in [6.07, 6.45) is 0. The van der Waals surface area contributed by atoms with Crippen LogP contribution in [0.1, 0.15) is 20.1 Å². The average molecular weight is 247 g/mol. The lowest BCUT2D eigenvalue weighted by Gasteiger charge is -2.06. The van der Waals surface area contributed by atoms with Crippen molar-refractivity contribution in [1.29, 1.82) is 0 Å². The van der Waals surface area contributed by atoms with Gasteiger partial charge in [-0.15, -0.1) is 11.3 Å². The molecule has 1 aromatic carbocycles. The standard InChI is InChI=1S/C13H13NO2S/c1-8-3-5-10(11(15)7-8)14-13(16)12-6-4-9(2)17-12/h3-7,15H,1-2H3,(H,14,16). The van der Waals surface area contributed by atoms with Crippen molar-refractivity contribution in [2.45, 2.75) is 13.8 Å². The van der Waals surface area contributed by atoms with Crippen LogP contribution in [0.3, 0.4) is 0 Å². The van der Waals surface area contributed by atoms with Gasteiger partial charge in [-0.3, -0.25) is 4.79 Å². The number of aryl methyl sites for hydroxylation is 2. The van der Waals surface area contributed by atoms with Crippen LogP contribution in [0.15, 0.2) is 30.3 Å². The molecule has 0 atom stereocenters. The van der Waals surface area contributed by atoms with Crippen LogP contribution in [0.25, 0.3) is 0 Å². The highest BCUT2D eigenvalue weighted by Gasteiger charge is 2.10. The number of carbonyl (C=O) groups excluding carboxylic acids is 1. The van der Waals surface area contributed by atoms with E-state index >= 15 is 0 Å². The molecule has 3 nitrogen and oxygen atoms in total. The molecule has 0 saturated carbocycles. The first-order valence-corrected chi connectivity index (χ1v) is 6.05. The molecule has 0 aliphatic carbocycles. The number of aromatic hydroxyl groups is 1.